The molecule has 1 aliphatic rings. The van der Waals surface area contributed by atoms with E-state index in [0.717, 1.165) is 4.31 Å². The van der Waals surface area contributed by atoms with Crippen molar-refractivity contribution in [2.45, 2.75) is 36.7 Å². The maximum atomic E-state index is 13.7. The van der Waals surface area contributed by atoms with Gasteiger partial charge < -0.3 is 9.47 Å². The third-order valence-electron chi connectivity index (χ3n) is 5.39. The summed E-state index contributed by atoms with van der Waals surface area (Å²) in [5, 5.41) is 9.45. The van der Waals surface area contributed by atoms with E-state index < -0.39 is 22.0 Å². The van der Waals surface area contributed by atoms with E-state index in [1.807, 2.05) is 0 Å². The Balaban J connectivity index is 0.00000363. The number of hydrogen-bond acceptors (Lipinski definition) is 7. The Hall–Kier alpha value is -2.24. The highest BCUT2D eigenvalue weighted by molar-refractivity contribution is 7.89. The van der Waals surface area contributed by atoms with Gasteiger partial charge in [-0.2, -0.15) is 4.31 Å². The normalized spacial score (nSPS) is 17.7. The molecule has 2 aromatic rings. The van der Waals surface area contributed by atoms with E-state index in [0.29, 0.717) is 43.8 Å². The third kappa shape index (κ3) is 6.17. The number of hydroxylamine groups is 1. The van der Waals surface area contributed by atoms with E-state index in [2.05, 4.69) is 4.98 Å². The van der Waals surface area contributed by atoms with Crippen molar-refractivity contribution in [1.82, 2.24) is 14.8 Å². The molecular formula is C21H28ClN3O6S. The number of hydrogen-bond donors (Lipinski definition) is 2. The van der Waals surface area contributed by atoms with Gasteiger partial charge in [-0.3, -0.25) is 15.0 Å². The van der Waals surface area contributed by atoms with Gasteiger partial charge in [-0.1, -0.05) is 0 Å². The molecule has 176 valence electrons. The molecule has 9 nitrogen and oxygen atoms in total. The number of rotatable bonds is 8. The lowest BCUT2D eigenvalue weighted by molar-refractivity contribution is -0.135. The second-order valence-corrected chi connectivity index (χ2v) is 9.20. The Morgan fingerprint density at radius 2 is 1.91 bits per heavy atom. The molecule has 0 spiro atoms. The van der Waals surface area contributed by atoms with Gasteiger partial charge in [-0.25, -0.2) is 13.9 Å². The number of nitrogens with zero attached hydrogens (tertiary/aromatic N) is 2. The van der Waals surface area contributed by atoms with Crippen LogP contribution in [0, 0.1) is 5.92 Å². The third-order valence-corrected chi connectivity index (χ3v) is 7.23. The first-order valence-corrected chi connectivity index (χ1v) is 11.5. The molecule has 2 atom stereocenters. The first kappa shape index (κ1) is 26.0. The Morgan fingerprint density at radius 3 is 2.53 bits per heavy atom. The number of sulfonamides is 1. The first-order chi connectivity index (χ1) is 15.0. The molecular weight excluding hydrogens is 458 g/mol. The molecule has 2 unspecified atom stereocenters. The minimum absolute atomic E-state index is 0. The van der Waals surface area contributed by atoms with Gasteiger partial charge in [0.05, 0.1) is 12.0 Å². The average molecular weight is 486 g/mol. The molecule has 32 heavy (non-hydrogen) atoms. The van der Waals surface area contributed by atoms with Crippen LogP contribution in [-0.2, 0) is 26.1 Å². The summed E-state index contributed by atoms with van der Waals surface area (Å²) in [7, 11) is -2.60. The molecule has 1 aliphatic heterocycles. The van der Waals surface area contributed by atoms with Gasteiger partial charge in [0.1, 0.15) is 11.8 Å². The lowest BCUT2D eigenvalue weighted by atomic mass is 9.91. The number of benzene rings is 1. The Kier molecular flexibility index (Phi) is 9.85. The van der Waals surface area contributed by atoms with Crippen LogP contribution in [-0.4, -0.2) is 55.2 Å². The van der Waals surface area contributed by atoms with Crippen molar-refractivity contribution < 1.29 is 27.9 Å². The molecule has 2 heterocycles. The molecule has 1 fully saturated rings. The van der Waals surface area contributed by atoms with Crippen molar-refractivity contribution in [1.29, 1.82) is 0 Å². The lowest BCUT2D eigenvalue weighted by Gasteiger charge is -2.34. The van der Waals surface area contributed by atoms with Crippen LogP contribution in [0.25, 0.3) is 0 Å². The number of amides is 1. The van der Waals surface area contributed by atoms with Crippen molar-refractivity contribution in [2.24, 2.45) is 5.92 Å². The van der Waals surface area contributed by atoms with Gasteiger partial charge in [0.2, 0.25) is 10.0 Å². The number of ether oxygens (including phenoxy) is 2. The highest BCUT2D eigenvalue weighted by Gasteiger charge is 2.41. The van der Waals surface area contributed by atoms with Crippen LogP contribution >= 0.6 is 12.4 Å². The number of nitrogens with one attached hydrogen (secondary N) is 1. The van der Waals surface area contributed by atoms with Crippen molar-refractivity contribution >= 4 is 28.3 Å². The Bertz CT molecular complexity index is 951. The fourth-order valence-corrected chi connectivity index (χ4v) is 5.41. The highest BCUT2D eigenvalue weighted by atomic mass is 35.5. The summed E-state index contributed by atoms with van der Waals surface area (Å²) in [6, 6.07) is 8.28. The maximum Gasteiger partial charge on any atom is 0.262 e. The summed E-state index contributed by atoms with van der Waals surface area (Å²) in [6.45, 7) is 0.928. The summed E-state index contributed by atoms with van der Waals surface area (Å²) in [4.78, 5) is 16.8. The monoisotopic (exact) mass is 485 g/mol. The number of halogens is 1. The van der Waals surface area contributed by atoms with Crippen LogP contribution in [0.3, 0.4) is 0 Å². The number of aromatic nitrogens is 1. The van der Waals surface area contributed by atoms with E-state index in [-0.39, 0.29) is 29.8 Å². The van der Waals surface area contributed by atoms with Gasteiger partial charge in [0.25, 0.3) is 5.91 Å². The number of methoxy groups -OCH3 is 1. The molecule has 0 saturated carbocycles. The van der Waals surface area contributed by atoms with Crippen LogP contribution in [0.5, 0.6) is 5.75 Å². The molecule has 1 aromatic heterocycles. The van der Waals surface area contributed by atoms with Gasteiger partial charge >= 0.3 is 0 Å². The smallest absolute Gasteiger partial charge is 0.262 e. The molecule has 0 bridgehead atoms. The zero-order valence-electron chi connectivity index (χ0n) is 17.7. The summed E-state index contributed by atoms with van der Waals surface area (Å²) in [6.07, 6.45) is 4.93. The van der Waals surface area contributed by atoms with E-state index in [4.69, 9.17) is 9.47 Å². The van der Waals surface area contributed by atoms with E-state index in [1.165, 1.54) is 19.2 Å². The number of carbonyl (C=O) groups is 1. The van der Waals surface area contributed by atoms with Crippen molar-refractivity contribution in [2.75, 3.05) is 20.3 Å². The summed E-state index contributed by atoms with van der Waals surface area (Å²) in [5.41, 5.74) is 2.35. The fourth-order valence-electron chi connectivity index (χ4n) is 3.77. The fraction of sp³-hybridized carbons (Fsp3) is 0.429. The predicted octanol–water partition coefficient (Wildman–Crippen LogP) is 2.39. The first-order valence-electron chi connectivity index (χ1n) is 10.0. The predicted molar refractivity (Wildman–Crippen MR) is 119 cm³/mol. The SMILES string of the molecule is COc1ccc(S(=O)(=O)N(Cc2ccncc2)C(C(=O)NO)C2CCCOCC2)cc1.Cl. The van der Waals surface area contributed by atoms with Crippen LogP contribution in [0.1, 0.15) is 24.8 Å². The van der Waals surface area contributed by atoms with E-state index in [1.54, 1.807) is 42.1 Å². The molecule has 1 saturated heterocycles. The lowest BCUT2D eigenvalue weighted by Crippen LogP contribution is -2.52. The van der Waals surface area contributed by atoms with E-state index in [9.17, 15) is 18.4 Å². The molecule has 1 amide bonds. The maximum absolute atomic E-state index is 13.7. The zero-order valence-corrected chi connectivity index (χ0v) is 19.3. The molecule has 2 N–H and O–H groups in total. The summed E-state index contributed by atoms with van der Waals surface area (Å²) < 4.78 is 39.2. The van der Waals surface area contributed by atoms with Crippen LogP contribution in [0.15, 0.2) is 53.7 Å². The molecule has 0 aliphatic carbocycles. The highest BCUT2D eigenvalue weighted by Crippen LogP contribution is 2.30. The number of carbonyl (C=O) groups excluding carboxylic acids is 1. The van der Waals surface area contributed by atoms with Crippen molar-refractivity contribution in [3.8, 4) is 5.75 Å². The zero-order chi connectivity index (χ0) is 22.3. The van der Waals surface area contributed by atoms with Gasteiger partial charge in [0, 0.05) is 32.2 Å². The number of pyridine rings is 1. The quantitative estimate of drug-likeness (QED) is 0.435. The minimum Gasteiger partial charge on any atom is -0.497 e. The average Bonchev–Trinajstić information content (AvgIpc) is 3.08. The van der Waals surface area contributed by atoms with Gasteiger partial charge in [-0.05, 0) is 67.1 Å². The van der Waals surface area contributed by atoms with Crippen molar-refractivity contribution in [3.05, 3.63) is 54.4 Å². The largest absolute Gasteiger partial charge is 0.497 e. The topological polar surface area (TPSA) is 118 Å². The van der Waals surface area contributed by atoms with Gasteiger partial charge in [0.15, 0.2) is 0 Å². The standard InChI is InChI=1S/C21H27N3O6S.ClH/c1-29-18-4-6-19(7-5-18)31(27,28)24(15-16-8-11-22-12-9-16)20(21(25)23-26)17-3-2-13-30-14-10-17;/h4-9,11-12,17,20,26H,2-3,10,13-15H2,1H3,(H,23,25);1H. The summed E-state index contributed by atoms with van der Waals surface area (Å²) in [5.74, 6) is -0.562. The second-order valence-electron chi connectivity index (χ2n) is 7.31. The van der Waals surface area contributed by atoms with Crippen LogP contribution in [0.2, 0.25) is 0 Å². The molecule has 3 rings (SSSR count). The molecule has 0 radical (unpaired) electrons. The van der Waals surface area contributed by atoms with Crippen LogP contribution < -0.4 is 10.2 Å². The Morgan fingerprint density at radius 1 is 1.22 bits per heavy atom. The molecule has 11 heteroatoms. The van der Waals surface area contributed by atoms with Gasteiger partial charge in [-0.15, -0.1) is 12.4 Å². The van der Waals surface area contributed by atoms with Crippen LogP contribution in [0.4, 0.5) is 0 Å². The summed E-state index contributed by atoms with van der Waals surface area (Å²) >= 11 is 0. The second kappa shape index (κ2) is 12.1. The van der Waals surface area contributed by atoms with E-state index >= 15 is 0 Å². The minimum atomic E-state index is -4.10. The van der Waals surface area contributed by atoms with Crippen molar-refractivity contribution in [3.63, 3.8) is 0 Å². The Labute approximate surface area is 194 Å². The molecule has 1 aromatic carbocycles.